The molecule has 1 aromatic carbocycles. The van der Waals surface area contributed by atoms with E-state index in [0.29, 0.717) is 24.8 Å². The Bertz CT molecular complexity index is 420. The Morgan fingerprint density at radius 3 is 2.52 bits per heavy atom. The summed E-state index contributed by atoms with van der Waals surface area (Å²) in [6, 6.07) is 5.64. The topological polar surface area (TPSA) is 47.6 Å². The summed E-state index contributed by atoms with van der Waals surface area (Å²) in [5.74, 6) is 0.543. The van der Waals surface area contributed by atoms with Crippen molar-refractivity contribution in [3.63, 3.8) is 0 Å². The number of benzene rings is 1. The zero-order valence-electron chi connectivity index (χ0n) is 12.9. The summed E-state index contributed by atoms with van der Waals surface area (Å²) in [4.78, 5) is 11.6. The van der Waals surface area contributed by atoms with Gasteiger partial charge in [0.2, 0.25) is 0 Å². The van der Waals surface area contributed by atoms with Gasteiger partial charge in [0, 0.05) is 0 Å². The standard InChI is InChI=1S/C16H24FNO3/c1-12(2)11-15(16(19)20-3)18-9-4-10-21-14-7-5-13(17)6-8-14/h5-8,12,15,18H,4,9-11H2,1-3H3. The molecule has 1 aromatic rings. The van der Waals surface area contributed by atoms with Crippen LogP contribution < -0.4 is 10.1 Å². The molecule has 0 aliphatic rings. The maximum Gasteiger partial charge on any atom is 0.322 e. The van der Waals surface area contributed by atoms with Crippen LogP contribution in [-0.4, -0.2) is 32.3 Å². The molecule has 1 unspecified atom stereocenters. The van der Waals surface area contributed by atoms with Crippen LogP contribution >= 0.6 is 0 Å². The van der Waals surface area contributed by atoms with Gasteiger partial charge in [-0.15, -0.1) is 0 Å². The summed E-state index contributed by atoms with van der Waals surface area (Å²) in [5, 5.41) is 3.18. The molecule has 1 N–H and O–H groups in total. The first-order valence-corrected chi connectivity index (χ1v) is 7.22. The first-order chi connectivity index (χ1) is 10.0. The molecule has 21 heavy (non-hydrogen) atoms. The van der Waals surface area contributed by atoms with Crippen LogP contribution in [0.25, 0.3) is 0 Å². The van der Waals surface area contributed by atoms with E-state index in [-0.39, 0.29) is 17.8 Å². The Morgan fingerprint density at radius 1 is 1.29 bits per heavy atom. The number of rotatable bonds is 9. The van der Waals surface area contributed by atoms with Gasteiger partial charge in [-0.2, -0.15) is 0 Å². The van der Waals surface area contributed by atoms with Gasteiger partial charge < -0.3 is 14.8 Å². The van der Waals surface area contributed by atoms with Crippen molar-refractivity contribution in [3.8, 4) is 5.75 Å². The van der Waals surface area contributed by atoms with Crippen LogP contribution in [0.3, 0.4) is 0 Å². The van der Waals surface area contributed by atoms with E-state index >= 15 is 0 Å². The molecule has 0 aliphatic carbocycles. The molecule has 0 aliphatic heterocycles. The van der Waals surface area contributed by atoms with Crippen molar-refractivity contribution in [3.05, 3.63) is 30.1 Å². The fourth-order valence-electron chi connectivity index (χ4n) is 1.95. The van der Waals surface area contributed by atoms with Crippen LogP contribution in [0.1, 0.15) is 26.7 Å². The van der Waals surface area contributed by atoms with Gasteiger partial charge in [-0.3, -0.25) is 4.79 Å². The third-order valence-electron chi connectivity index (χ3n) is 2.99. The lowest BCUT2D eigenvalue weighted by molar-refractivity contribution is -0.143. The molecule has 4 nitrogen and oxygen atoms in total. The van der Waals surface area contributed by atoms with Gasteiger partial charge in [0.15, 0.2) is 0 Å². The fourth-order valence-corrected chi connectivity index (χ4v) is 1.95. The maximum atomic E-state index is 12.7. The van der Waals surface area contributed by atoms with E-state index in [9.17, 15) is 9.18 Å². The van der Waals surface area contributed by atoms with Crippen LogP contribution in [-0.2, 0) is 9.53 Å². The van der Waals surface area contributed by atoms with Crippen molar-refractivity contribution in [1.29, 1.82) is 0 Å². The number of methoxy groups -OCH3 is 1. The molecule has 0 radical (unpaired) electrons. The number of esters is 1. The van der Waals surface area contributed by atoms with E-state index in [1.165, 1.54) is 19.2 Å². The maximum absolute atomic E-state index is 12.7. The quantitative estimate of drug-likeness (QED) is 0.562. The number of halogens is 1. The molecule has 5 heteroatoms. The van der Waals surface area contributed by atoms with Gasteiger partial charge in [0.05, 0.1) is 13.7 Å². The largest absolute Gasteiger partial charge is 0.494 e. The van der Waals surface area contributed by atoms with Crippen LogP contribution in [0.2, 0.25) is 0 Å². The van der Waals surface area contributed by atoms with Gasteiger partial charge in [-0.05, 0) is 49.6 Å². The average molecular weight is 297 g/mol. The molecule has 0 bridgehead atoms. The number of carbonyl (C=O) groups is 1. The first-order valence-electron chi connectivity index (χ1n) is 7.22. The van der Waals surface area contributed by atoms with E-state index in [2.05, 4.69) is 19.2 Å². The number of nitrogens with one attached hydrogen (secondary N) is 1. The van der Waals surface area contributed by atoms with Crippen molar-refractivity contribution < 1.29 is 18.7 Å². The highest BCUT2D eigenvalue weighted by Crippen LogP contribution is 2.11. The van der Waals surface area contributed by atoms with Gasteiger partial charge >= 0.3 is 5.97 Å². The molecule has 0 saturated heterocycles. The van der Waals surface area contributed by atoms with Gasteiger partial charge in [0.1, 0.15) is 17.6 Å². The third kappa shape index (κ3) is 7.09. The minimum Gasteiger partial charge on any atom is -0.494 e. The average Bonchev–Trinajstić information content (AvgIpc) is 2.46. The molecular formula is C16H24FNO3. The summed E-state index contributed by atoms with van der Waals surface area (Å²) < 4.78 is 23.0. The molecule has 0 fully saturated rings. The van der Waals surface area contributed by atoms with Crippen molar-refractivity contribution >= 4 is 5.97 Å². The number of hydrogen-bond donors (Lipinski definition) is 1. The van der Waals surface area contributed by atoms with Crippen molar-refractivity contribution in [2.75, 3.05) is 20.3 Å². The normalized spacial score (nSPS) is 12.2. The van der Waals surface area contributed by atoms with Crippen LogP contribution in [0.15, 0.2) is 24.3 Å². The number of carbonyl (C=O) groups excluding carboxylic acids is 1. The van der Waals surface area contributed by atoms with Crippen molar-refractivity contribution in [2.24, 2.45) is 5.92 Å². The van der Waals surface area contributed by atoms with E-state index in [1.807, 2.05) is 0 Å². The minimum atomic E-state index is -0.279. The first kappa shape index (κ1) is 17.4. The molecule has 0 heterocycles. The highest BCUT2D eigenvalue weighted by molar-refractivity contribution is 5.75. The second-order valence-corrected chi connectivity index (χ2v) is 5.32. The fraction of sp³-hybridized carbons (Fsp3) is 0.562. The molecule has 118 valence electrons. The molecule has 0 amide bonds. The monoisotopic (exact) mass is 297 g/mol. The summed E-state index contributed by atoms with van der Waals surface area (Å²) in [5.41, 5.74) is 0. The summed E-state index contributed by atoms with van der Waals surface area (Å²) in [6.07, 6.45) is 1.49. The molecule has 1 atom stereocenters. The summed E-state index contributed by atoms with van der Waals surface area (Å²) in [7, 11) is 1.40. The zero-order chi connectivity index (χ0) is 15.7. The van der Waals surface area contributed by atoms with Crippen molar-refractivity contribution in [2.45, 2.75) is 32.7 Å². The molecule has 1 rings (SSSR count). The lowest BCUT2D eigenvalue weighted by Gasteiger charge is -2.18. The van der Waals surface area contributed by atoms with Crippen LogP contribution in [0.4, 0.5) is 4.39 Å². The van der Waals surface area contributed by atoms with E-state index in [1.54, 1.807) is 12.1 Å². The Morgan fingerprint density at radius 2 is 1.95 bits per heavy atom. The Kier molecular flexibility index (Phi) is 7.75. The Balaban J connectivity index is 2.24. The Hall–Kier alpha value is -1.62. The number of hydrogen-bond acceptors (Lipinski definition) is 4. The lowest BCUT2D eigenvalue weighted by Crippen LogP contribution is -2.39. The SMILES string of the molecule is COC(=O)C(CC(C)C)NCCCOc1ccc(F)cc1. The highest BCUT2D eigenvalue weighted by Gasteiger charge is 2.19. The van der Waals surface area contributed by atoms with Crippen LogP contribution in [0, 0.1) is 11.7 Å². The highest BCUT2D eigenvalue weighted by atomic mass is 19.1. The summed E-state index contributed by atoms with van der Waals surface area (Å²) in [6.45, 7) is 5.30. The predicted molar refractivity (Wildman–Crippen MR) is 79.8 cm³/mol. The van der Waals surface area contributed by atoms with E-state index in [0.717, 1.165) is 12.8 Å². The second-order valence-electron chi connectivity index (χ2n) is 5.32. The Labute approximate surface area is 125 Å². The smallest absolute Gasteiger partial charge is 0.322 e. The molecule has 0 spiro atoms. The van der Waals surface area contributed by atoms with Gasteiger partial charge in [-0.25, -0.2) is 4.39 Å². The van der Waals surface area contributed by atoms with Gasteiger partial charge in [0.25, 0.3) is 0 Å². The number of ether oxygens (including phenoxy) is 2. The molecule has 0 saturated carbocycles. The lowest BCUT2D eigenvalue weighted by atomic mass is 10.0. The van der Waals surface area contributed by atoms with Gasteiger partial charge in [-0.1, -0.05) is 13.8 Å². The van der Waals surface area contributed by atoms with Crippen LogP contribution in [0.5, 0.6) is 5.75 Å². The molecular weight excluding hydrogens is 273 g/mol. The second kappa shape index (κ2) is 9.34. The molecule has 0 aromatic heterocycles. The minimum absolute atomic E-state index is 0.233. The van der Waals surface area contributed by atoms with E-state index in [4.69, 9.17) is 9.47 Å². The zero-order valence-corrected chi connectivity index (χ0v) is 12.9. The summed E-state index contributed by atoms with van der Waals surface area (Å²) >= 11 is 0. The third-order valence-corrected chi connectivity index (χ3v) is 2.99. The van der Waals surface area contributed by atoms with Crippen molar-refractivity contribution in [1.82, 2.24) is 5.32 Å². The predicted octanol–water partition coefficient (Wildman–Crippen LogP) is 2.77. The van der Waals surface area contributed by atoms with E-state index < -0.39 is 0 Å².